The van der Waals surface area contributed by atoms with Crippen LogP contribution in [0.5, 0.6) is 0 Å². The van der Waals surface area contributed by atoms with Crippen molar-refractivity contribution in [3.63, 3.8) is 0 Å². The second kappa shape index (κ2) is 5.36. The summed E-state index contributed by atoms with van der Waals surface area (Å²) in [5, 5.41) is 0. The molecule has 0 saturated heterocycles. The van der Waals surface area contributed by atoms with E-state index in [0.717, 1.165) is 17.4 Å². The highest BCUT2D eigenvalue weighted by atomic mass is 32.2. The van der Waals surface area contributed by atoms with Gasteiger partial charge >= 0.3 is 0 Å². The van der Waals surface area contributed by atoms with Gasteiger partial charge in [0.2, 0.25) is 0 Å². The van der Waals surface area contributed by atoms with Crippen LogP contribution in [0.4, 0.5) is 0 Å². The summed E-state index contributed by atoms with van der Waals surface area (Å²) in [5.74, 6) is -0.820. The van der Waals surface area contributed by atoms with Crippen LogP contribution in [0, 0.1) is 0 Å². The topological polar surface area (TPSA) is 51.2 Å². The van der Waals surface area contributed by atoms with Crippen LogP contribution in [0.2, 0.25) is 0 Å². The third-order valence-corrected chi connectivity index (χ3v) is 3.49. The number of ketones is 1. The van der Waals surface area contributed by atoms with Gasteiger partial charge in [-0.05, 0) is 11.1 Å². The van der Waals surface area contributed by atoms with Crippen LogP contribution in [-0.2, 0) is 9.84 Å². The molecule has 0 N–H and O–H groups in total. The number of hydrogen-bond donors (Lipinski definition) is 0. The summed E-state index contributed by atoms with van der Waals surface area (Å²) < 4.78 is 22.2. The van der Waals surface area contributed by atoms with Gasteiger partial charge in [-0.15, -0.1) is 0 Å². The summed E-state index contributed by atoms with van der Waals surface area (Å²) in [6.45, 7) is 0. The molecular weight excluding hydrogens is 260 g/mol. The molecule has 0 spiro atoms. The van der Waals surface area contributed by atoms with Crippen molar-refractivity contribution < 1.29 is 13.2 Å². The van der Waals surface area contributed by atoms with Gasteiger partial charge in [-0.1, -0.05) is 54.6 Å². The number of hydrogen-bond acceptors (Lipinski definition) is 3. The summed E-state index contributed by atoms with van der Waals surface area (Å²) >= 11 is 0. The number of carbonyl (C=O) groups excluding carboxylic acids is 1. The van der Waals surface area contributed by atoms with E-state index < -0.39 is 15.6 Å². The molecule has 4 heteroatoms. The zero-order valence-electron chi connectivity index (χ0n) is 10.5. The van der Waals surface area contributed by atoms with E-state index in [0.29, 0.717) is 5.56 Å². The van der Waals surface area contributed by atoms with E-state index in [2.05, 4.69) is 0 Å². The Bertz CT molecular complexity index is 671. The number of rotatable bonds is 4. The summed E-state index contributed by atoms with van der Waals surface area (Å²) in [7, 11) is -3.28. The second-order valence-corrected chi connectivity index (χ2v) is 6.58. The molecule has 0 fully saturated rings. The first-order valence-corrected chi connectivity index (χ1v) is 7.88. The van der Waals surface area contributed by atoms with Gasteiger partial charge in [0.1, 0.15) is 5.75 Å². The number of sulfone groups is 1. The van der Waals surface area contributed by atoms with E-state index >= 15 is 0 Å². The molecule has 2 aromatic rings. The molecule has 2 rings (SSSR count). The van der Waals surface area contributed by atoms with E-state index in [-0.39, 0.29) is 5.78 Å². The van der Waals surface area contributed by atoms with E-state index in [9.17, 15) is 13.2 Å². The van der Waals surface area contributed by atoms with Gasteiger partial charge in [-0.25, -0.2) is 8.42 Å². The Hall–Kier alpha value is -1.94. The summed E-state index contributed by atoms with van der Waals surface area (Å²) in [6.07, 6.45) is 1.06. The second-order valence-electron chi connectivity index (χ2n) is 4.44. The van der Waals surface area contributed by atoms with Crippen LogP contribution in [0.1, 0.15) is 10.4 Å². The fourth-order valence-electron chi connectivity index (χ4n) is 1.80. The van der Waals surface area contributed by atoms with Gasteiger partial charge in [-0.3, -0.25) is 4.79 Å². The minimum absolute atomic E-state index is 0.373. The zero-order chi connectivity index (χ0) is 13.9. The van der Waals surface area contributed by atoms with Crippen molar-refractivity contribution in [2.45, 2.75) is 0 Å². The summed E-state index contributed by atoms with van der Waals surface area (Å²) in [6, 6.07) is 16.8. The normalized spacial score (nSPS) is 11.2. The van der Waals surface area contributed by atoms with Crippen LogP contribution >= 0.6 is 0 Å². The van der Waals surface area contributed by atoms with E-state index in [4.69, 9.17) is 0 Å². The number of carbonyl (C=O) groups is 1. The Kier molecular flexibility index (Phi) is 3.81. The minimum Gasteiger partial charge on any atom is -0.293 e. The maximum Gasteiger partial charge on any atom is 0.177 e. The van der Waals surface area contributed by atoms with Crippen LogP contribution in [0.15, 0.2) is 54.6 Å². The minimum atomic E-state index is -3.28. The molecule has 0 radical (unpaired) electrons. The van der Waals surface area contributed by atoms with Crippen molar-refractivity contribution in [3.05, 3.63) is 60.2 Å². The third kappa shape index (κ3) is 3.76. The first-order chi connectivity index (χ1) is 8.96. The fraction of sp³-hybridized carbons (Fsp3) is 0.133. The molecular formula is C15H14O3S. The highest BCUT2D eigenvalue weighted by Crippen LogP contribution is 2.19. The van der Waals surface area contributed by atoms with E-state index in [1.807, 2.05) is 42.5 Å². The molecule has 0 atom stereocenters. The molecule has 0 aliphatic rings. The lowest BCUT2D eigenvalue weighted by atomic mass is 10.0. The van der Waals surface area contributed by atoms with Crippen molar-refractivity contribution in [1.29, 1.82) is 0 Å². The Morgan fingerprint density at radius 1 is 0.895 bits per heavy atom. The molecule has 0 aromatic heterocycles. The van der Waals surface area contributed by atoms with Crippen LogP contribution < -0.4 is 0 Å². The Morgan fingerprint density at radius 2 is 1.42 bits per heavy atom. The fourth-order valence-corrected chi connectivity index (χ4v) is 2.44. The lowest BCUT2D eigenvalue weighted by Gasteiger charge is -2.03. The van der Waals surface area contributed by atoms with Crippen LogP contribution in [0.25, 0.3) is 11.1 Å². The van der Waals surface area contributed by atoms with Crippen molar-refractivity contribution in [3.8, 4) is 11.1 Å². The Morgan fingerprint density at radius 3 is 1.95 bits per heavy atom. The molecule has 98 valence electrons. The predicted octanol–water partition coefficient (Wildman–Crippen LogP) is 2.58. The third-order valence-electron chi connectivity index (χ3n) is 2.71. The Labute approximate surface area is 112 Å². The zero-order valence-corrected chi connectivity index (χ0v) is 11.4. The van der Waals surface area contributed by atoms with Crippen molar-refractivity contribution >= 4 is 15.6 Å². The maximum atomic E-state index is 11.7. The molecule has 0 saturated carbocycles. The van der Waals surface area contributed by atoms with E-state index in [1.54, 1.807) is 12.1 Å². The molecule has 0 aliphatic carbocycles. The predicted molar refractivity (Wildman–Crippen MR) is 75.9 cm³/mol. The van der Waals surface area contributed by atoms with Gasteiger partial charge in [0.15, 0.2) is 15.6 Å². The summed E-state index contributed by atoms with van der Waals surface area (Å²) in [4.78, 5) is 11.7. The molecule has 0 aliphatic heterocycles. The highest BCUT2D eigenvalue weighted by molar-refractivity contribution is 7.91. The molecule has 0 amide bonds. The molecule has 19 heavy (non-hydrogen) atoms. The number of Topliss-reactive ketones (excluding diaryl/α,β-unsaturated/α-hetero) is 1. The van der Waals surface area contributed by atoms with Crippen molar-refractivity contribution in [2.75, 3.05) is 12.0 Å². The average Bonchev–Trinajstić information content (AvgIpc) is 2.38. The largest absolute Gasteiger partial charge is 0.293 e. The van der Waals surface area contributed by atoms with Gasteiger partial charge in [0.05, 0.1) is 0 Å². The molecule has 2 aromatic carbocycles. The maximum absolute atomic E-state index is 11.7. The monoisotopic (exact) mass is 274 g/mol. The van der Waals surface area contributed by atoms with Gasteiger partial charge in [-0.2, -0.15) is 0 Å². The van der Waals surface area contributed by atoms with Crippen LogP contribution in [0.3, 0.4) is 0 Å². The lowest BCUT2D eigenvalue weighted by Crippen LogP contribution is -2.14. The molecule has 3 nitrogen and oxygen atoms in total. The standard InChI is InChI=1S/C15H14O3S/c1-19(17,18)11-15(16)14-9-7-13(8-10-14)12-5-3-2-4-6-12/h2-10H,11H2,1H3. The quantitative estimate of drug-likeness (QED) is 0.805. The van der Waals surface area contributed by atoms with Gasteiger partial charge in [0.25, 0.3) is 0 Å². The smallest absolute Gasteiger partial charge is 0.177 e. The first kappa shape index (κ1) is 13.5. The van der Waals surface area contributed by atoms with E-state index in [1.165, 1.54) is 0 Å². The number of benzene rings is 2. The lowest BCUT2D eigenvalue weighted by molar-refractivity contribution is 0.102. The first-order valence-electron chi connectivity index (χ1n) is 5.82. The van der Waals surface area contributed by atoms with Crippen molar-refractivity contribution in [1.82, 2.24) is 0 Å². The van der Waals surface area contributed by atoms with Gasteiger partial charge in [0, 0.05) is 11.8 Å². The SMILES string of the molecule is CS(=O)(=O)CC(=O)c1ccc(-c2ccccc2)cc1. The van der Waals surface area contributed by atoms with Gasteiger partial charge < -0.3 is 0 Å². The average molecular weight is 274 g/mol. The van der Waals surface area contributed by atoms with Crippen LogP contribution in [-0.4, -0.2) is 26.2 Å². The molecule has 0 unspecified atom stereocenters. The van der Waals surface area contributed by atoms with Crippen molar-refractivity contribution in [2.24, 2.45) is 0 Å². The highest BCUT2D eigenvalue weighted by Gasteiger charge is 2.13. The Balaban J connectivity index is 2.22. The summed E-state index contributed by atoms with van der Waals surface area (Å²) in [5.41, 5.74) is 2.48. The molecule has 0 heterocycles. The molecule has 0 bridgehead atoms.